The molecule has 98 valence electrons. The zero-order chi connectivity index (χ0) is 12.4. The van der Waals surface area contributed by atoms with Crippen LogP contribution >= 0.6 is 0 Å². The van der Waals surface area contributed by atoms with Crippen molar-refractivity contribution in [2.45, 2.75) is 57.2 Å². The number of hydrogen-bond donors (Lipinski definition) is 2. The summed E-state index contributed by atoms with van der Waals surface area (Å²) < 4.78 is 0. The minimum atomic E-state index is -0.0607. The zero-order valence-electron chi connectivity index (χ0n) is 11.0. The summed E-state index contributed by atoms with van der Waals surface area (Å²) in [6.45, 7) is 2.33. The van der Waals surface area contributed by atoms with Gasteiger partial charge in [-0.05, 0) is 32.7 Å². The lowest BCUT2D eigenvalue weighted by Crippen LogP contribution is -2.56. The highest BCUT2D eigenvalue weighted by Gasteiger charge is 2.36. The van der Waals surface area contributed by atoms with Crippen LogP contribution in [0.2, 0.25) is 0 Å². The maximum atomic E-state index is 11.8. The molecule has 2 bridgehead atoms. The minimum absolute atomic E-state index is 0.0607. The largest absolute Gasteiger partial charge is 0.353 e. The first kappa shape index (κ1) is 12.8. The average Bonchev–Trinajstić information content (AvgIpc) is 2.29. The molecule has 0 aliphatic carbocycles. The van der Waals surface area contributed by atoms with Gasteiger partial charge in [0.2, 0.25) is 5.91 Å². The summed E-state index contributed by atoms with van der Waals surface area (Å²) in [5.41, 5.74) is 5.52. The van der Waals surface area contributed by atoms with Gasteiger partial charge in [-0.2, -0.15) is 0 Å². The molecule has 0 saturated carbocycles. The van der Waals surface area contributed by atoms with Crippen molar-refractivity contribution >= 4 is 5.91 Å². The predicted octanol–water partition coefficient (Wildman–Crippen LogP) is 0.713. The van der Waals surface area contributed by atoms with Crippen molar-refractivity contribution in [3.05, 3.63) is 0 Å². The fourth-order valence-corrected chi connectivity index (χ4v) is 3.18. The Kier molecular flexibility index (Phi) is 4.05. The number of fused-ring (bicyclic) bond motifs is 2. The molecule has 3 unspecified atom stereocenters. The second-order valence-corrected chi connectivity index (χ2v) is 5.72. The average molecular weight is 239 g/mol. The second-order valence-electron chi connectivity index (χ2n) is 5.72. The van der Waals surface area contributed by atoms with Crippen molar-refractivity contribution < 1.29 is 4.79 Å². The SMILES string of the molecule is CC(CN)C(=O)NC1CC2CCCC(C1)N2C. The van der Waals surface area contributed by atoms with Crippen LogP contribution in [0.5, 0.6) is 0 Å². The van der Waals surface area contributed by atoms with E-state index in [0.717, 1.165) is 12.8 Å². The Hall–Kier alpha value is -0.610. The first-order valence-corrected chi connectivity index (χ1v) is 6.84. The van der Waals surface area contributed by atoms with E-state index < -0.39 is 0 Å². The third-order valence-corrected chi connectivity index (χ3v) is 4.49. The third kappa shape index (κ3) is 2.80. The molecule has 0 aromatic carbocycles. The molecule has 3 atom stereocenters. The Bertz CT molecular complexity index is 268. The number of amides is 1. The number of carbonyl (C=O) groups is 1. The lowest BCUT2D eigenvalue weighted by Gasteiger charge is -2.47. The lowest BCUT2D eigenvalue weighted by molar-refractivity contribution is -0.125. The molecule has 17 heavy (non-hydrogen) atoms. The molecule has 2 heterocycles. The normalized spacial score (nSPS) is 35.4. The topological polar surface area (TPSA) is 58.4 Å². The van der Waals surface area contributed by atoms with Crippen LogP contribution < -0.4 is 11.1 Å². The quantitative estimate of drug-likeness (QED) is 0.762. The Balaban J connectivity index is 1.89. The van der Waals surface area contributed by atoms with Gasteiger partial charge >= 0.3 is 0 Å². The van der Waals surface area contributed by atoms with Crippen LogP contribution in [0, 0.1) is 5.92 Å². The Morgan fingerprint density at radius 3 is 2.53 bits per heavy atom. The molecule has 2 aliphatic heterocycles. The van der Waals surface area contributed by atoms with Gasteiger partial charge in [-0.15, -0.1) is 0 Å². The summed E-state index contributed by atoms with van der Waals surface area (Å²) in [7, 11) is 2.23. The first-order valence-electron chi connectivity index (χ1n) is 6.84. The molecular weight excluding hydrogens is 214 g/mol. The summed E-state index contributed by atoms with van der Waals surface area (Å²) in [6.07, 6.45) is 6.13. The van der Waals surface area contributed by atoms with E-state index in [2.05, 4.69) is 17.3 Å². The number of rotatable bonds is 3. The van der Waals surface area contributed by atoms with Crippen molar-refractivity contribution in [1.29, 1.82) is 0 Å². The van der Waals surface area contributed by atoms with E-state index in [1.54, 1.807) is 0 Å². The standard InChI is InChI=1S/C13H25N3O/c1-9(8-14)13(17)15-10-6-11-4-3-5-12(7-10)16(11)2/h9-12H,3-8,14H2,1-2H3,(H,15,17). The number of hydrogen-bond acceptors (Lipinski definition) is 3. The number of carbonyl (C=O) groups excluding carboxylic acids is 1. The molecule has 1 amide bonds. The highest BCUT2D eigenvalue weighted by Crippen LogP contribution is 2.32. The summed E-state index contributed by atoms with van der Waals surface area (Å²) in [4.78, 5) is 14.4. The van der Waals surface area contributed by atoms with Gasteiger partial charge in [-0.25, -0.2) is 0 Å². The number of nitrogens with two attached hydrogens (primary N) is 1. The van der Waals surface area contributed by atoms with Crippen LogP contribution in [0.15, 0.2) is 0 Å². The lowest BCUT2D eigenvalue weighted by atomic mass is 9.82. The summed E-state index contributed by atoms with van der Waals surface area (Å²) in [6, 6.07) is 1.70. The second kappa shape index (κ2) is 5.36. The molecule has 0 aromatic rings. The Labute approximate surface area is 104 Å². The van der Waals surface area contributed by atoms with E-state index in [9.17, 15) is 4.79 Å². The van der Waals surface area contributed by atoms with E-state index in [1.165, 1.54) is 19.3 Å². The van der Waals surface area contributed by atoms with Gasteiger partial charge in [0.15, 0.2) is 0 Å². The van der Waals surface area contributed by atoms with E-state index >= 15 is 0 Å². The van der Waals surface area contributed by atoms with Crippen molar-refractivity contribution in [3.63, 3.8) is 0 Å². The molecule has 2 fully saturated rings. The van der Waals surface area contributed by atoms with Gasteiger partial charge in [0.05, 0.1) is 0 Å². The van der Waals surface area contributed by atoms with Crippen LogP contribution in [0.25, 0.3) is 0 Å². The van der Waals surface area contributed by atoms with Crippen molar-refractivity contribution in [1.82, 2.24) is 10.2 Å². The van der Waals surface area contributed by atoms with Crippen molar-refractivity contribution in [2.75, 3.05) is 13.6 Å². The minimum Gasteiger partial charge on any atom is -0.353 e. The van der Waals surface area contributed by atoms with E-state index in [4.69, 9.17) is 5.73 Å². The third-order valence-electron chi connectivity index (χ3n) is 4.49. The Morgan fingerprint density at radius 2 is 2.00 bits per heavy atom. The molecule has 0 radical (unpaired) electrons. The van der Waals surface area contributed by atoms with Crippen molar-refractivity contribution in [3.8, 4) is 0 Å². The summed E-state index contributed by atoms with van der Waals surface area (Å²) in [5.74, 6) is 0.0645. The fourth-order valence-electron chi connectivity index (χ4n) is 3.18. The van der Waals surface area contributed by atoms with E-state index in [-0.39, 0.29) is 11.8 Å². The monoisotopic (exact) mass is 239 g/mol. The molecule has 3 N–H and O–H groups in total. The van der Waals surface area contributed by atoms with Crippen LogP contribution in [-0.2, 0) is 4.79 Å². The molecule has 2 aliphatic rings. The molecule has 4 nitrogen and oxygen atoms in total. The smallest absolute Gasteiger partial charge is 0.224 e. The molecular formula is C13H25N3O. The van der Waals surface area contributed by atoms with E-state index in [0.29, 0.717) is 24.7 Å². The highest BCUT2D eigenvalue weighted by molar-refractivity contribution is 5.78. The van der Waals surface area contributed by atoms with Gasteiger partial charge in [-0.1, -0.05) is 13.3 Å². The van der Waals surface area contributed by atoms with E-state index in [1.807, 2.05) is 6.92 Å². The zero-order valence-corrected chi connectivity index (χ0v) is 11.0. The molecule has 0 spiro atoms. The Morgan fingerprint density at radius 1 is 1.41 bits per heavy atom. The first-order chi connectivity index (χ1) is 8.11. The van der Waals surface area contributed by atoms with Crippen LogP contribution in [0.3, 0.4) is 0 Å². The van der Waals surface area contributed by atoms with Crippen LogP contribution in [0.4, 0.5) is 0 Å². The predicted molar refractivity (Wildman–Crippen MR) is 68.6 cm³/mol. The van der Waals surface area contributed by atoms with Gasteiger partial charge in [0, 0.05) is 30.6 Å². The summed E-state index contributed by atoms with van der Waals surface area (Å²) in [5, 5.41) is 3.17. The van der Waals surface area contributed by atoms with Crippen LogP contribution in [0.1, 0.15) is 39.0 Å². The fraction of sp³-hybridized carbons (Fsp3) is 0.923. The van der Waals surface area contributed by atoms with Gasteiger partial charge in [0.1, 0.15) is 0 Å². The molecule has 2 rings (SSSR count). The van der Waals surface area contributed by atoms with Gasteiger partial charge in [0.25, 0.3) is 0 Å². The summed E-state index contributed by atoms with van der Waals surface area (Å²) >= 11 is 0. The maximum Gasteiger partial charge on any atom is 0.224 e. The highest BCUT2D eigenvalue weighted by atomic mass is 16.1. The van der Waals surface area contributed by atoms with Crippen molar-refractivity contribution in [2.24, 2.45) is 11.7 Å². The van der Waals surface area contributed by atoms with Gasteiger partial charge in [-0.3, -0.25) is 4.79 Å². The van der Waals surface area contributed by atoms with Gasteiger partial charge < -0.3 is 16.0 Å². The number of nitrogens with zero attached hydrogens (tertiary/aromatic N) is 1. The number of piperidine rings is 2. The molecule has 4 heteroatoms. The molecule has 0 aromatic heterocycles. The number of nitrogens with one attached hydrogen (secondary N) is 1. The van der Waals surface area contributed by atoms with Crippen LogP contribution in [-0.4, -0.2) is 42.5 Å². The molecule has 2 saturated heterocycles. The maximum absolute atomic E-state index is 11.8.